The minimum Gasteiger partial charge on any atom is -0.483 e. The molecule has 0 aliphatic rings. The highest BCUT2D eigenvalue weighted by Crippen LogP contribution is 2.35. The summed E-state index contributed by atoms with van der Waals surface area (Å²) in [6.45, 7) is 6.34. The van der Waals surface area contributed by atoms with Crippen molar-refractivity contribution in [3.8, 4) is 5.75 Å². The maximum atomic E-state index is 12.0. The van der Waals surface area contributed by atoms with Gasteiger partial charge in [0.15, 0.2) is 11.2 Å². The molecule has 0 amide bonds. The first kappa shape index (κ1) is 19.7. The van der Waals surface area contributed by atoms with E-state index in [0.717, 1.165) is 5.39 Å². The summed E-state index contributed by atoms with van der Waals surface area (Å²) >= 11 is 0. The average molecular weight is 386 g/mol. The van der Waals surface area contributed by atoms with Crippen LogP contribution in [0.1, 0.15) is 27.7 Å². The monoisotopic (exact) mass is 386 g/mol. The van der Waals surface area contributed by atoms with Gasteiger partial charge in [-0.25, -0.2) is 9.59 Å². The van der Waals surface area contributed by atoms with Crippen molar-refractivity contribution in [2.24, 2.45) is 0 Å². The van der Waals surface area contributed by atoms with Crippen molar-refractivity contribution in [2.75, 3.05) is 6.61 Å². The molecule has 0 aliphatic carbocycles. The average Bonchev–Trinajstić information content (AvgIpc) is 3.12. The summed E-state index contributed by atoms with van der Waals surface area (Å²) in [5.41, 5.74) is -0.667. The molecule has 148 valence electrons. The second-order valence-corrected chi connectivity index (χ2v) is 7.01. The van der Waals surface area contributed by atoms with E-state index in [1.807, 2.05) is 6.07 Å². The van der Waals surface area contributed by atoms with Crippen molar-refractivity contribution in [3.05, 3.63) is 52.6 Å². The van der Waals surface area contributed by atoms with Crippen LogP contribution in [0.4, 0.5) is 0 Å². The van der Waals surface area contributed by atoms with E-state index in [1.165, 1.54) is 12.3 Å². The Bertz CT molecular complexity index is 1100. The highest BCUT2D eigenvalue weighted by Gasteiger charge is 2.33. The lowest BCUT2D eigenvalue weighted by Crippen LogP contribution is -2.44. The van der Waals surface area contributed by atoms with Gasteiger partial charge in [0.25, 0.3) is 0 Å². The molecule has 2 aromatic heterocycles. The number of furan rings is 1. The summed E-state index contributed by atoms with van der Waals surface area (Å²) in [7, 11) is 0. The molecule has 2 heterocycles. The molecule has 3 rings (SSSR count). The number of aliphatic hydroxyl groups excluding tert-OH is 1. The molecular formula is C21H22O7. The Morgan fingerprint density at radius 1 is 1.25 bits per heavy atom. The Balaban J connectivity index is 1.88. The number of benzene rings is 1. The first-order valence-electron chi connectivity index (χ1n) is 8.84. The van der Waals surface area contributed by atoms with Crippen LogP contribution in [0.3, 0.4) is 0 Å². The first-order valence-corrected chi connectivity index (χ1v) is 8.84. The van der Waals surface area contributed by atoms with Gasteiger partial charge < -0.3 is 23.4 Å². The molecule has 1 N–H and O–H groups in total. The van der Waals surface area contributed by atoms with Crippen molar-refractivity contribution < 1.29 is 28.2 Å². The number of fused-ring (bicyclic) bond motifs is 2. The van der Waals surface area contributed by atoms with Crippen LogP contribution in [0.2, 0.25) is 0 Å². The Morgan fingerprint density at radius 2 is 1.96 bits per heavy atom. The van der Waals surface area contributed by atoms with Crippen LogP contribution in [0.25, 0.3) is 21.9 Å². The Kier molecular flexibility index (Phi) is 5.29. The van der Waals surface area contributed by atoms with E-state index < -0.39 is 23.3 Å². The third-order valence-electron chi connectivity index (χ3n) is 4.58. The molecule has 0 radical (unpaired) electrons. The van der Waals surface area contributed by atoms with Gasteiger partial charge in [-0.3, -0.25) is 0 Å². The second-order valence-electron chi connectivity index (χ2n) is 7.01. The molecular weight excluding hydrogens is 364 g/mol. The summed E-state index contributed by atoms with van der Waals surface area (Å²) in [5, 5.41) is 12.0. The van der Waals surface area contributed by atoms with Crippen molar-refractivity contribution in [3.63, 3.8) is 0 Å². The van der Waals surface area contributed by atoms with Gasteiger partial charge in [-0.2, -0.15) is 0 Å². The van der Waals surface area contributed by atoms with Gasteiger partial charge >= 0.3 is 11.6 Å². The summed E-state index contributed by atoms with van der Waals surface area (Å²) < 4.78 is 21.9. The van der Waals surface area contributed by atoms with E-state index in [9.17, 15) is 14.7 Å². The molecule has 0 aliphatic heterocycles. The molecule has 3 aromatic rings. The van der Waals surface area contributed by atoms with Gasteiger partial charge in [0.05, 0.1) is 6.26 Å². The van der Waals surface area contributed by atoms with Crippen LogP contribution in [0.5, 0.6) is 5.75 Å². The predicted octanol–water partition coefficient (Wildman–Crippen LogP) is 3.57. The zero-order valence-electron chi connectivity index (χ0n) is 16.1. The zero-order chi connectivity index (χ0) is 20.5. The van der Waals surface area contributed by atoms with Gasteiger partial charge in [-0.05, 0) is 45.9 Å². The fourth-order valence-electron chi connectivity index (χ4n) is 2.61. The van der Waals surface area contributed by atoms with Crippen LogP contribution in [0.15, 0.2) is 55.8 Å². The number of hydrogen-bond donors (Lipinski definition) is 1. The number of rotatable bonds is 6. The number of carbonyl (C=O) groups excluding carboxylic acids is 1. The molecule has 0 bridgehead atoms. The Labute approximate surface area is 161 Å². The number of carbonyl (C=O) groups is 1. The minimum atomic E-state index is -1.20. The second kappa shape index (κ2) is 7.52. The van der Waals surface area contributed by atoms with Gasteiger partial charge in [-0.15, -0.1) is 0 Å². The number of ether oxygens (including phenoxy) is 2. The van der Waals surface area contributed by atoms with Gasteiger partial charge in [0.1, 0.15) is 18.3 Å². The molecule has 1 unspecified atom stereocenters. The molecule has 0 saturated heterocycles. The smallest absolute Gasteiger partial charge is 0.336 e. The minimum absolute atomic E-state index is 0.206. The fraction of sp³-hybridized carbons (Fsp3) is 0.333. The topological polar surface area (TPSA) is 99.1 Å². The third kappa shape index (κ3) is 3.80. The maximum absolute atomic E-state index is 12.0. The number of allylic oxidation sites excluding steroid dienone is 1. The van der Waals surface area contributed by atoms with E-state index in [-0.39, 0.29) is 17.9 Å². The molecule has 1 aromatic carbocycles. The fourth-order valence-corrected chi connectivity index (χ4v) is 2.61. The van der Waals surface area contributed by atoms with Crippen molar-refractivity contribution >= 4 is 27.9 Å². The van der Waals surface area contributed by atoms with E-state index >= 15 is 0 Å². The highest BCUT2D eigenvalue weighted by molar-refractivity contribution is 5.99. The van der Waals surface area contributed by atoms with Gasteiger partial charge in [-0.1, -0.05) is 6.08 Å². The van der Waals surface area contributed by atoms with Crippen LogP contribution in [-0.4, -0.2) is 29.4 Å². The molecule has 28 heavy (non-hydrogen) atoms. The summed E-state index contributed by atoms with van der Waals surface area (Å²) in [4.78, 5) is 23.7. The SMILES string of the molecule is C/C=C(/C)C(=O)OC(C)(C)C(O)COc1c2occc2cc2ccc(=O)oc12. The number of esters is 1. The third-order valence-corrected chi connectivity index (χ3v) is 4.58. The lowest BCUT2D eigenvalue weighted by atomic mass is 10.0. The Hall–Kier alpha value is -3.06. The van der Waals surface area contributed by atoms with E-state index in [2.05, 4.69) is 0 Å². The molecule has 7 nitrogen and oxygen atoms in total. The van der Waals surface area contributed by atoms with Crippen LogP contribution in [0, 0.1) is 0 Å². The predicted molar refractivity (Wildman–Crippen MR) is 103 cm³/mol. The first-order chi connectivity index (χ1) is 13.2. The molecule has 0 spiro atoms. The standard InChI is InChI=1S/C21H22O7/c1-5-12(2)20(24)28-21(3,4)15(22)11-26-19-17-14(8-9-25-17)10-13-6-7-16(23)27-18(13)19/h5-10,15,22H,11H2,1-4H3/b12-5-. The van der Waals surface area contributed by atoms with Gasteiger partial charge in [0, 0.05) is 22.4 Å². The van der Waals surface area contributed by atoms with E-state index in [1.54, 1.807) is 45.9 Å². The Morgan fingerprint density at radius 3 is 2.68 bits per heavy atom. The van der Waals surface area contributed by atoms with Crippen LogP contribution >= 0.6 is 0 Å². The summed E-state index contributed by atoms with van der Waals surface area (Å²) in [6, 6.07) is 6.52. The lowest BCUT2D eigenvalue weighted by molar-refractivity contribution is -0.164. The zero-order valence-corrected chi connectivity index (χ0v) is 16.1. The maximum Gasteiger partial charge on any atom is 0.336 e. The molecule has 0 saturated carbocycles. The highest BCUT2D eigenvalue weighted by atomic mass is 16.6. The number of hydrogen-bond acceptors (Lipinski definition) is 7. The number of aliphatic hydroxyl groups is 1. The van der Waals surface area contributed by atoms with Crippen molar-refractivity contribution in [1.29, 1.82) is 0 Å². The molecule has 1 atom stereocenters. The van der Waals surface area contributed by atoms with Crippen molar-refractivity contribution in [1.82, 2.24) is 0 Å². The lowest BCUT2D eigenvalue weighted by Gasteiger charge is -2.30. The summed E-state index contributed by atoms with van der Waals surface area (Å²) in [6.07, 6.45) is 1.99. The summed E-state index contributed by atoms with van der Waals surface area (Å²) in [5.74, 6) is -0.308. The van der Waals surface area contributed by atoms with Crippen LogP contribution in [-0.2, 0) is 9.53 Å². The van der Waals surface area contributed by atoms with Crippen LogP contribution < -0.4 is 10.4 Å². The van der Waals surface area contributed by atoms with Crippen molar-refractivity contribution in [2.45, 2.75) is 39.4 Å². The largest absolute Gasteiger partial charge is 0.483 e. The van der Waals surface area contributed by atoms with E-state index in [0.29, 0.717) is 16.5 Å². The molecule has 7 heteroatoms. The van der Waals surface area contributed by atoms with Gasteiger partial charge in [0.2, 0.25) is 5.75 Å². The molecule has 0 fully saturated rings. The normalized spacial score (nSPS) is 13.7. The quantitative estimate of drug-likeness (QED) is 0.393. The van der Waals surface area contributed by atoms with E-state index in [4.69, 9.17) is 18.3 Å².